The van der Waals surface area contributed by atoms with Crippen LogP contribution in [0.5, 0.6) is 5.75 Å². The quantitative estimate of drug-likeness (QED) is 0.154. The number of rotatable bonds is 9. The molecular weight excluding hydrogens is 490 g/mol. The number of nitro benzene ring substituents is 1. The number of carbonyl (C=O) groups is 2. The maximum Gasteiger partial charge on any atom is 0.270 e. The lowest BCUT2D eigenvalue weighted by Gasteiger charge is -2.17. The van der Waals surface area contributed by atoms with Crippen LogP contribution in [-0.2, 0) is 4.79 Å². The molecule has 0 saturated carbocycles. The molecule has 9 heteroatoms. The summed E-state index contributed by atoms with van der Waals surface area (Å²) in [6.07, 6.45) is 0. The summed E-state index contributed by atoms with van der Waals surface area (Å²) in [7, 11) is 1.58. The first-order chi connectivity index (χ1) is 17.9. The normalized spacial score (nSPS) is 11.3. The number of nitro groups is 1. The molecule has 0 spiro atoms. The fraction of sp³-hybridized carbons (Fsp3) is 0.0714. The number of ether oxygens (including phenoxy) is 1. The van der Waals surface area contributed by atoms with Crippen molar-refractivity contribution >= 4 is 40.6 Å². The van der Waals surface area contributed by atoms with Gasteiger partial charge in [-0.2, -0.15) is 0 Å². The third-order valence-electron chi connectivity index (χ3n) is 5.38. The number of hydrogen-bond acceptors (Lipinski definition) is 6. The van der Waals surface area contributed by atoms with Crippen molar-refractivity contribution in [3.8, 4) is 5.75 Å². The SMILES string of the molecule is COc1ccc(NC(=O)C(Sc2ccc(NC(=O)c3cccc([N+](=O)[O-])c3)cc2)c2ccccc2)cc1. The molecule has 2 N–H and O–H groups in total. The lowest BCUT2D eigenvalue weighted by molar-refractivity contribution is -0.384. The molecule has 37 heavy (non-hydrogen) atoms. The topological polar surface area (TPSA) is 111 Å². The molecule has 0 aliphatic carbocycles. The highest BCUT2D eigenvalue weighted by Crippen LogP contribution is 2.37. The van der Waals surface area contributed by atoms with E-state index in [0.717, 1.165) is 10.5 Å². The zero-order chi connectivity index (χ0) is 26.2. The first-order valence-corrected chi connectivity index (χ1v) is 12.1. The van der Waals surface area contributed by atoms with E-state index < -0.39 is 16.1 Å². The van der Waals surface area contributed by atoms with Gasteiger partial charge in [0, 0.05) is 34.0 Å². The number of anilines is 2. The summed E-state index contributed by atoms with van der Waals surface area (Å²) >= 11 is 1.38. The number of nitrogens with zero attached hydrogens (tertiary/aromatic N) is 1. The van der Waals surface area contributed by atoms with E-state index >= 15 is 0 Å². The standard InChI is InChI=1S/C28H23N3O5S/c1-36-24-14-10-21(11-15-24)30-28(33)26(19-6-3-2-4-7-19)37-25-16-12-22(13-17-25)29-27(32)20-8-5-9-23(18-20)31(34)35/h2-18,26H,1H3,(H,29,32)(H,30,33). The molecule has 0 radical (unpaired) electrons. The van der Waals surface area contributed by atoms with Crippen molar-refractivity contribution in [3.05, 3.63) is 124 Å². The molecule has 0 heterocycles. The van der Waals surface area contributed by atoms with Crippen LogP contribution in [0.4, 0.5) is 17.1 Å². The molecule has 0 aromatic heterocycles. The summed E-state index contributed by atoms with van der Waals surface area (Å²) < 4.78 is 5.17. The van der Waals surface area contributed by atoms with Crippen LogP contribution in [0.1, 0.15) is 21.2 Å². The molecular formula is C28H23N3O5S. The van der Waals surface area contributed by atoms with E-state index in [9.17, 15) is 19.7 Å². The van der Waals surface area contributed by atoms with Gasteiger partial charge in [0.2, 0.25) is 5.91 Å². The van der Waals surface area contributed by atoms with Gasteiger partial charge in [-0.25, -0.2) is 0 Å². The Morgan fingerprint density at radius 2 is 1.49 bits per heavy atom. The molecule has 0 bridgehead atoms. The Kier molecular flexibility index (Phi) is 8.17. The van der Waals surface area contributed by atoms with Gasteiger partial charge in [0.15, 0.2) is 0 Å². The number of amides is 2. The number of nitrogens with one attached hydrogen (secondary N) is 2. The van der Waals surface area contributed by atoms with E-state index in [2.05, 4.69) is 10.6 Å². The van der Waals surface area contributed by atoms with Crippen molar-refractivity contribution in [3.63, 3.8) is 0 Å². The lowest BCUT2D eigenvalue weighted by atomic mass is 10.1. The third kappa shape index (κ3) is 6.74. The van der Waals surface area contributed by atoms with Gasteiger partial charge in [0.25, 0.3) is 11.6 Å². The Morgan fingerprint density at radius 1 is 0.838 bits per heavy atom. The van der Waals surface area contributed by atoms with Crippen LogP contribution >= 0.6 is 11.8 Å². The third-order valence-corrected chi connectivity index (χ3v) is 6.65. The zero-order valence-corrected chi connectivity index (χ0v) is 20.6. The van der Waals surface area contributed by atoms with Gasteiger partial charge >= 0.3 is 0 Å². The van der Waals surface area contributed by atoms with Crippen LogP contribution in [0.25, 0.3) is 0 Å². The van der Waals surface area contributed by atoms with E-state index in [4.69, 9.17) is 4.74 Å². The monoisotopic (exact) mass is 513 g/mol. The minimum absolute atomic E-state index is 0.153. The molecule has 4 aromatic carbocycles. The predicted octanol–water partition coefficient (Wildman–Crippen LogP) is 6.33. The highest BCUT2D eigenvalue weighted by Gasteiger charge is 2.22. The van der Waals surface area contributed by atoms with Crippen molar-refractivity contribution in [2.75, 3.05) is 17.7 Å². The summed E-state index contributed by atoms with van der Waals surface area (Å²) in [4.78, 5) is 37.0. The minimum atomic E-state index is -0.545. The number of non-ortho nitro benzene ring substituents is 1. The van der Waals surface area contributed by atoms with Crippen molar-refractivity contribution in [2.45, 2.75) is 10.1 Å². The average Bonchev–Trinajstić information content (AvgIpc) is 2.93. The average molecular weight is 514 g/mol. The molecule has 0 aliphatic heterocycles. The van der Waals surface area contributed by atoms with E-state index in [1.54, 1.807) is 43.5 Å². The van der Waals surface area contributed by atoms with Crippen molar-refractivity contribution < 1.29 is 19.2 Å². The lowest BCUT2D eigenvalue weighted by Crippen LogP contribution is -2.19. The Balaban J connectivity index is 1.47. The van der Waals surface area contributed by atoms with Crippen LogP contribution in [0.15, 0.2) is 108 Å². The molecule has 2 amide bonds. The van der Waals surface area contributed by atoms with Crippen molar-refractivity contribution in [2.24, 2.45) is 0 Å². The maximum atomic E-state index is 13.2. The second-order valence-corrected chi connectivity index (χ2v) is 9.09. The molecule has 186 valence electrons. The summed E-state index contributed by atoms with van der Waals surface area (Å²) in [5.41, 5.74) is 2.07. The highest BCUT2D eigenvalue weighted by atomic mass is 32.2. The van der Waals surface area contributed by atoms with Gasteiger partial charge in [0.05, 0.1) is 12.0 Å². The molecule has 0 aliphatic rings. The fourth-order valence-electron chi connectivity index (χ4n) is 3.50. The summed E-state index contributed by atoms with van der Waals surface area (Å²) in [6.45, 7) is 0. The molecule has 8 nitrogen and oxygen atoms in total. The summed E-state index contributed by atoms with van der Waals surface area (Å²) in [6, 6.07) is 29.2. The first-order valence-electron chi connectivity index (χ1n) is 11.3. The zero-order valence-electron chi connectivity index (χ0n) is 19.8. The van der Waals surface area contributed by atoms with Crippen LogP contribution in [0.3, 0.4) is 0 Å². The van der Waals surface area contributed by atoms with Gasteiger partial charge in [-0.15, -0.1) is 11.8 Å². The number of carbonyl (C=O) groups excluding carboxylic acids is 2. The maximum absolute atomic E-state index is 13.2. The van der Waals surface area contributed by atoms with E-state index in [1.807, 2.05) is 42.5 Å². The van der Waals surface area contributed by atoms with E-state index in [-0.39, 0.29) is 17.2 Å². The van der Waals surface area contributed by atoms with Gasteiger partial charge in [-0.1, -0.05) is 36.4 Å². The Bertz CT molecular complexity index is 1390. The van der Waals surface area contributed by atoms with Gasteiger partial charge in [-0.05, 0) is 60.2 Å². The van der Waals surface area contributed by atoms with E-state index in [1.165, 1.54) is 36.0 Å². The second kappa shape index (κ2) is 11.9. The van der Waals surface area contributed by atoms with Gasteiger partial charge in [0.1, 0.15) is 11.0 Å². The Morgan fingerprint density at radius 3 is 2.14 bits per heavy atom. The largest absolute Gasteiger partial charge is 0.497 e. The summed E-state index contributed by atoms with van der Waals surface area (Å²) in [5, 5.41) is 16.2. The molecule has 1 atom stereocenters. The number of benzene rings is 4. The fourth-order valence-corrected chi connectivity index (χ4v) is 4.52. The van der Waals surface area contributed by atoms with Gasteiger partial charge < -0.3 is 15.4 Å². The van der Waals surface area contributed by atoms with E-state index in [0.29, 0.717) is 17.1 Å². The first kappa shape index (κ1) is 25.5. The number of hydrogen-bond donors (Lipinski definition) is 2. The Labute approximate surface area is 217 Å². The molecule has 4 rings (SSSR count). The van der Waals surface area contributed by atoms with Crippen LogP contribution in [0.2, 0.25) is 0 Å². The van der Waals surface area contributed by atoms with Gasteiger partial charge in [-0.3, -0.25) is 19.7 Å². The van der Waals surface area contributed by atoms with Crippen LogP contribution in [0, 0.1) is 10.1 Å². The highest BCUT2D eigenvalue weighted by molar-refractivity contribution is 8.00. The Hall–Kier alpha value is -4.63. The minimum Gasteiger partial charge on any atom is -0.497 e. The smallest absolute Gasteiger partial charge is 0.270 e. The van der Waals surface area contributed by atoms with Crippen LogP contribution in [-0.4, -0.2) is 23.8 Å². The van der Waals surface area contributed by atoms with Crippen LogP contribution < -0.4 is 15.4 Å². The number of methoxy groups -OCH3 is 1. The number of thioether (sulfide) groups is 1. The summed E-state index contributed by atoms with van der Waals surface area (Å²) in [5.74, 6) is 0.0687. The molecule has 4 aromatic rings. The molecule has 0 saturated heterocycles. The molecule has 1 unspecified atom stereocenters. The van der Waals surface area contributed by atoms with Crippen molar-refractivity contribution in [1.29, 1.82) is 0 Å². The molecule has 0 fully saturated rings. The van der Waals surface area contributed by atoms with Crippen molar-refractivity contribution in [1.82, 2.24) is 0 Å². The second-order valence-electron chi connectivity index (χ2n) is 7.91. The predicted molar refractivity (Wildman–Crippen MR) is 144 cm³/mol.